The van der Waals surface area contributed by atoms with E-state index in [2.05, 4.69) is 9.97 Å². The van der Waals surface area contributed by atoms with Gasteiger partial charge in [-0.2, -0.15) is 0 Å². The minimum atomic E-state index is -0.957. The van der Waals surface area contributed by atoms with Gasteiger partial charge in [0.2, 0.25) is 0 Å². The van der Waals surface area contributed by atoms with Crippen LogP contribution in [0.15, 0.2) is 18.6 Å². The zero-order chi connectivity index (χ0) is 12.3. The van der Waals surface area contributed by atoms with E-state index in [-0.39, 0.29) is 11.6 Å². The summed E-state index contributed by atoms with van der Waals surface area (Å²) >= 11 is 0. The molecule has 0 aromatic carbocycles. The van der Waals surface area contributed by atoms with Crippen LogP contribution in [0.2, 0.25) is 0 Å². The van der Waals surface area contributed by atoms with Gasteiger partial charge >= 0.3 is 5.97 Å². The molecule has 0 spiro atoms. The number of hydrogen-bond donors (Lipinski definition) is 1. The van der Waals surface area contributed by atoms with E-state index in [4.69, 9.17) is 5.11 Å². The van der Waals surface area contributed by atoms with Gasteiger partial charge in [0.05, 0.1) is 6.20 Å². The molecule has 2 heterocycles. The normalized spacial score (nSPS) is 20.0. The first-order valence-corrected chi connectivity index (χ1v) is 5.50. The van der Waals surface area contributed by atoms with Crippen molar-refractivity contribution in [2.24, 2.45) is 0 Å². The molecule has 1 aliphatic rings. The molecule has 1 amide bonds. The number of carboxylic acid groups (broad SMARTS) is 1. The fourth-order valence-electron chi connectivity index (χ4n) is 1.99. The second kappa shape index (κ2) is 4.90. The average molecular weight is 235 g/mol. The first kappa shape index (κ1) is 11.5. The summed E-state index contributed by atoms with van der Waals surface area (Å²) in [5.41, 5.74) is 0.195. The van der Waals surface area contributed by atoms with Gasteiger partial charge in [0.1, 0.15) is 11.7 Å². The Bertz CT molecular complexity index is 421. The third-order valence-electron chi connectivity index (χ3n) is 2.83. The van der Waals surface area contributed by atoms with Crippen molar-refractivity contribution in [2.75, 3.05) is 6.54 Å². The summed E-state index contributed by atoms with van der Waals surface area (Å²) in [4.78, 5) is 32.2. The molecule has 2 rings (SSSR count). The van der Waals surface area contributed by atoms with Crippen LogP contribution in [0, 0.1) is 0 Å². The van der Waals surface area contributed by atoms with Crippen LogP contribution >= 0.6 is 0 Å². The van der Waals surface area contributed by atoms with Crippen molar-refractivity contribution in [3.05, 3.63) is 24.3 Å². The Morgan fingerprint density at radius 1 is 1.35 bits per heavy atom. The zero-order valence-corrected chi connectivity index (χ0v) is 9.24. The lowest BCUT2D eigenvalue weighted by Gasteiger charge is -2.32. The number of aliphatic carboxylic acids is 1. The van der Waals surface area contributed by atoms with Gasteiger partial charge < -0.3 is 10.0 Å². The Morgan fingerprint density at radius 3 is 2.82 bits per heavy atom. The minimum absolute atomic E-state index is 0.195. The van der Waals surface area contributed by atoms with E-state index in [0.29, 0.717) is 13.0 Å². The lowest BCUT2D eigenvalue weighted by Crippen LogP contribution is -2.48. The predicted molar refractivity (Wildman–Crippen MR) is 58.3 cm³/mol. The van der Waals surface area contributed by atoms with Crippen molar-refractivity contribution in [2.45, 2.75) is 25.3 Å². The summed E-state index contributed by atoms with van der Waals surface area (Å²) < 4.78 is 0. The molecule has 17 heavy (non-hydrogen) atoms. The van der Waals surface area contributed by atoms with Crippen LogP contribution in [0.1, 0.15) is 29.8 Å². The molecule has 1 N–H and O–H groups in total. The van der Waals surface area contributed by atoms with Crippen molar-refractivity contribution in [3.63, 3.8) is 0 Å². The van der Waals surface area contributed by atoms with Crippen molar-refractivity contribution in [3.8, 4) is 0 Å². The molecule has 90 valence electrons. The first-order valence-electron chi connectivity index (χ1n) is 5.50. The van der Waals surface area contributed by atoms with E-state index in [0.717, 1.165) is 12.8 Å². The van der Waals surface area contributed by atoms with Gasteiger partial charge in [-0.25, -0.2) is 9.78 Å². The van der Waals surface area contributed by atoms with Gasteiger partial charge in [0.15, 0.2) is 0 Å². The second-order valence-corrected chi connectivity index (χ2v) is 3.94. The van der Waals surface area contributed by atoms with Crippen molar-refractivity contribution in [1.82, 2.24) is 14.9 Å². The predicted octanol–water partition coefficient (Wildman–Crippen LogP) is 0.556. The molecule has 0 radical (unpaired) electrons. The van der Waals surface area contributed by atoms with Crippen LogP contribution in [-0.4, -0.2) is 44.4 Å². The van der Waals surface area contributed by atoms with Crippen molar-refractivity contribution in [1.29, 1.82) is 0 Å². The summed E-state index contributed by atoms with van der Waals surface area (Å²) in [6, 6.07) is -0.738. The number of hydrogen-bond acceptors (Lipinski definition) is 4. The number of carbonyl (C=O) groups excluding carboxylic acids is 1. The molecular formula is C11H13N3O3. The Balaban J connectivity index is 2.20. The summed E-state index contributed by atoms with van der Waals surface area (Å²) in [6.07, 6.45) is 6.42. The molecule has 0 bridgehead atoms. The quantitative estimate of drug-likeness (QED) is 0.809. The monoisotopic (exact) mass is 235 g/mol. The van der Waals surface area contributed by atoms with E-state index in [1.807, 2.05) is 0 Å². The van der Waals surface area contributed by atoms with E-state index in [1.54, 1.807) is 0 Å². The molecule has 1 aromatic rings. The lowest BCUT2D eigenvalue weighted by molar-refractivity contribution is -0.143. The summed E-state index contributed by atoms with van der Waals surface area (Å²) in [6.45, 7) is 0.465. The smallest absolute Gasteiger partial charge is 0.326 e. The number of nitrogens with zero attached hydrogens (tertiary/aromatic N) is 3. The largest absolute Gasteiger partial charge is 0.480 e. The van der Waals surface area contributed by atoms with Crippen LogP contribution in [-0.2, 0) is 4.79 Å². The maximum absolute atomic E-state index is 12.1. The third kappa shape index (κ3) is 2.41. The number of carboxylic acids is 1. The number of aromatic nitrogens is 2. The molecule has 6 heteroatoms. The SMILES string of the molecule is O=C(O)[C@@H]1CCCCN1C(=O)c1cnccn1. The second-order valence-electron chi connectivity index (χ2n) is 3.94. The van der Waals surface area contributed by atoms with Crippen LogP contribution in [0.4, 0.5) is 0 Å². The molecule has 1 atom stereocenters. The summed E-state index contributed by atoms with van der Waals surface area (Å²) in [5, 5.41) is 9.07. The van der Waals surface area contributed by atoms with E-state index >= 15 is 0 Å². The Labute approximate surface area is 98.3 Å². The third-order valence-corrected chi connectivity index (χ3v) is 2.83. The molecule has 6 nitrogen and oxygen atoms in total. The highest BCUT2D eigenvalue weighted by Crippen LogP contribution is 2.19. The topological polar surface area (TPSA) is 83.4 Å². The van der Waals surface area contributed by atoms with Gasteiger partial charge in [0.25, 0.3) is 5.91 Å². The van der Waals surface area contributed by atoms with Crippen LogP contribution in [0.3, 0.4) is 0 Å². The fraction of sp³-hybridized carbons (Fsp3) is 0.455. The van der Waals surface area contributed by atoms with Crippen molar-refractivity contribution >= 4 is 11.9 Å². The number of amides is 1. The molecule has 1 aliphatic heterocycles. The van der Waals surface area contributed by atoms with Crippen molar-refractivity contribution < 1.29 is 14.7 Å². The van der Waals surface area contributed by atoms with Crippen LogP contribution in [0.5, 0.6) is 0 Å². The first-order chi connectivity index (χ1) is 8.20. The lowest BCUT2D eigenvalue weighted by atomic mass is 10.0. The van der Waals surface area contributed by atoms with E-state index < -0.39 is 12.0 Å². The van der Waals surface area contributed by atoms with Gasteiger partial charge in [-0.15, -0.1) is 0 Å². The fourth-order valence-corrected chi connectivity index (χ4v) is 1.99. The number of likely N-dealkylation sites (tertiary alicyclic amines) is 1. The molecule has 0 aliphatic carbocycles. The highest BCUT2D eigenvalue weighted by atomic mass is 16.4. The molecule has 0 unspecified atom stereocenters. The zero-order valence-electron chi connectivity index (χ0n) is 9.24. The molecule has 1 aromatic heterocycles. The molecular weight excluding hydrogens is 222 g/mol. The van der Waals surface area contributed by atoms with Crippen LogP contribution < -0.4 is 0 Å². The summed E-state index contributed by atoms with van der Waals surface area (Å²) in [5.74, 6) is -1.31. The molecule has 1 fully saturated rings. The van der Waals surface area contributed by atoms with E-state index in [9.17, 15) is 9.59 Å². The number of piperidine rings is 1. The maximum atomic E-state index is 12.1. The Hall–Kier alpha value is -1.98. The average Bonchev–Trinajstić information content (AvgIpc) is 2.39. The van der Waals surface area contributed by atoms with Gasteiger partial charge in [-0.1, -0.05) is 0 Å². The summed E-state index contributed by atoms with van der Waals surface area (Å²) in [7, 11) is 0. The van der Waals surface area contributed by atoms with Gasteiger partial charge in [-0.3, -0.25) is 9.78 Å². The molecule has 0 saturated carbocycles. The standard InChI is InChI=1S/C11H13N3O3/c15-10(8-7-12-4-5-13-8)14-6-2-1-3-9(14)11(16)17/h4-5,7,9H,1-3,6H2,(H,16,17)/t9-/m0/s1. The Morgan fingerprint density at radius 2 is 2.18 bits per heavy atom. The minimum Gasteiger partial charge on any atom is -0.480 e. The van der Waals surface area contributed by atoms with Crippen LogP contribution in [0.25, 0.3) is 0 Å². The van der Waals surface area contributed by atoms with E-state index in [1.165, 1.54) is 23.5 Å². The number of rotatable bonds is 2. The van der Waals surface area contributed by atoms with Gasteiger partial charge in [-0.05, 0) is 19.3 Å². The molecule has 1 saturated heterocycles. The van der Waals surface area contributed by atoms with Gasteiger partial charge in [0, 0.05) is 18.9 Å². The Kier molecular flexibility index (Phi) is 3.32. The maximum Gasteiger partial charge on any atom is 0.326 e. The highest BCUT2D eigenvalue weighted by molar-refractivity contribution is 5.94. The number of carbonyl (C=O) groups is 2. The highest BCUT2D eigenvalue weighted by Gasteiger charge is 2.32.